The topological polar surface area (TPSA) is 193 Å². The fourth-order valence-electron chi connectivity index (χ4n) is 11.4. The Morgan fingerprint density at radius 2 is 1.67 bits per heavy atom. The van der Waals surface area contributed by atoms with E-state index in [1.807, 2.05) is 120 Å². The molecule has 0 aliphatic carbocycles. The zero-order valence-electron chi connectivity index (χ0n) is 43.5. The predicted octanol–water partition coefficient (Wildman–Crippen LogP) is 8.40. The number of nitrogens with zero attached hydrogens (tertiary/aromatic N) is 7. The third-order valence-corrected chi connectivity index (χ3v) is 16.0. The Morgan fingerprint density at radius 1 is 0.868 bits per heavy atom. The molecule has 3 N–H and O–H groups in total. The van der Waals surface area contributed by atoms with Crippen LogP contribution < -0.4 is 25.6 Å². The maximum absolute atomic E-state index is 14.1. The summed E-state index contributed by atoms with van der Waals surface area (Å²) < 4.78 is 15.2. The summed E-state index contributed by atoms with van der Waals surface area (Å²) in [6, 6.07) is 29.6. The second-order valence-electron chi connectivity index (χ2n) is 21.4. The summed E-state index contributed by atoms with van der Waals surface area (Å²) >= 11 is 1.44. The molecule has 4 aliphatic heterocycles. The van der Waals surface area contributed by atoms with Crippen LogP contribution in [0.1, 0.15) is 102 Å². The summed E-state index contributed by atoms with van der Waals surface area (Å²) in [5.41, 5.74) is 7.35. The first-order valence-electron chi connectivity index (χ1n) is 26.2. The van der Waals surface area contributed by atoms with Crippen molar-refractivity contribution < 1.29 is 33.4 Å². The number of thiazole rings is 1. The van der Waals surface area contributed by atoms with Crippen LogP contribution in [-0.4, -0.2) is 116 Å². The van der Waals surface area contributed by atoms with E-state index in [2.05, 4.69) is 46.8 Å². The van der Waals surface area contributed by atoms with Crippen LogP contribution in [0.4, 0.5) is 16.6 Å². The van der Waals surface area contributed by atoms with Gasteiger partial charge < -0.3 is 24.6 Å². The van der Waals surface area contributed by atoms with Gasteiger partial charge in [0.25, 0.3) is 5.91 Å². The quantitative estimate of drug-likeness (QED) is 0.0535. The lowest BCUT2D eigenvalue weighted by Crippen LogP contribution is -2.55. The predicted molar refractivity (Wildman–Crippen MR) is 293 cm³/mol. The fraction of sp³-hybridized carbons (Fsp3) is 0.379. The number of hydrogen-bond donors (Lipinski definition) is 3. The number of anilines is 3. The van der Waals surface area contributed by atoms with Crippen molar-refractivity contribution in [1.29, 1.82) is 0 Å². The molecule has 3 aromatic heterocycles. The number of esters is 1. The molecule has 17 nitrogen and oxygen atoms in total. The summed E-state index contributed by atoms with van der Waals surface area (Å²) in [7, 11) is 1.82. The largest absolute Gasteiger partial charge is 0.493 e. The van der Waals surface area contributed by atoms with Crippen LogP contribution in [0.15, 0.2) is 91.0 Å². The number of piperazine rings is 1. The molecule has 4 aliphatic rings. The Labute approximate surface area is 445 Å². The van der Waals surface area contributed by atoms with E-state index < -0.39 is 17.5 Å². The van der Waals surface area contributed by atoms with E-state index in [0.29, 0.717) is 72.5 Å². The second-order valence-corrected chi connectivity index (χ2v) is 22.4. The van der Waals surface area contributed by atoms with Crippen molar-refractivity contribution in [2.75, 3.05) is 54.9 Å². The first-order chi connectivity index (χ1) is 36.6. The minimum absolute atomic E-state index is 0.0694. The van der Waals surface area contributed by atoms with Gasteiger partial charge in [-0.15, -0.1) is 0 Å². The van der Waals surface area contributed by atoms with Crippen LogP contribution in [0.5, 0.6) is 5.75 Å². The van der Waals surface area contributed by atoms with E-state index in [0.717, 1.165) is 88.0 Å². The molecule has 76 heavy (non-hydrogen) atoms. The molecule has 7 aromatic rings. The molecule has 11 rings (SSSR count). The van der Waals surface area contributed by atoms with Gasteiger partial charge in [0.1, 0.15) is 17.2 Å². The Balaban J connectivity index is 0.712. The zero-order valence-corrected chi connectivity index (χ0v) is 44.3. The third kappa shape index (κ3) is 10.5. The van der Waals surface area contributed by atoms with Crippen LogP contribution in [0.25, 0.3) is 32.2 Å². The number of ether oxygens (including phenoxy) is 2. The van der Waals surface area contributed by atoms with Crippen LogP contribution in [0.2, 0.25) is 0 Å². The average molecular weight is 1040 g/mol. The van der Waals surface area contributed by atoms with E-state index in [4.69, 9.17) is 14.5 Å². The molecule has 0 radical (unpaired) electrons. The number of imide groups is 1. The molecule has 4 aromatic carbocycles. The molecule has 3 fully saturated rings. The monoisotopic (exact) mass is 1040 g/mol. The summed E-state index contributed by atoms with van der Waals surface area (Å²) in [5.74, 6) is -0.553. The van der Waals surface area contributed by atoms with E-state index in [9.17, 15) is 24.0 Å². The summed E-state index contributed by atoms with van der Waals surface area (Å²) in [5, 5.41) is 14.6. The molecule has 4 amide bonds. The Bertz CT molecular complexity index is 3390. The molecule has 2 bridgehead atoms. The number of nitrogens with one attached hydrogen (secondary N) is 3. The summed E-state index contributed by atoms with van der Waals surface area (Å²) in [6.07, 6.45) is 4.29. The minimum Gasteiger partial charge on any atom is -0.493 e. The highest BCUT2D eigenvalue weighted by atomic mass is 32.1. The zero-order chi connectivity index (χ0) is 52.8. The van der Waals surface area contributed by atoms with Crippen molar-refractivity contribution in [2.45, 2.75) is 96.4 Å². The second kappa shape index (κ2) is 20.9. The number of para-hydroxylation sites is 1. The van der Waals surface area contributed by atoms with Crippen molar-refractivity contribution in [2.24, 2.45) is 7.05 Å². The Hall–Kier alpha value is -7.54. The number of amides is 4. The van der Waals surface area contributed by atoms with Gasteiger partial charge in [-0.25, -0.2) is 14.8 Å². The number of likely N-dealkylation sites (tertiary alicyclic amines) is 1. The maximum Gasteiger partial charge on any atom is 0.358 e. The molecule has 7 heterocycles. The van der Waals surface area contributed by atoms with Crippen molar-refractivity contribution in [3.63, 3.8) is 0 Å². The number of aromatic nitrogens is 4. The SMILES string of the molecule is Cc1c(OCCCN2C[C@H]3CC[C@@H](C2)N3CC(=O)Nc2ccc3c(C4CCC(=O)NC4=O)nn(C)c3c2)cccc1-c1ccc(N2CCc3cccc(C(=O)Nc4nc5ccccc5s4)c3C2)nc1C(=O)OC(C)(C)C. The molecule has 392 valence electrons. The van der Waals surface area contributed by atoms with Crippen LogP contribution in [-0.2, 0) is 39.1 Å². The number of rotatable bonds is 14. The molecule has 3 atom stereocenters. The minimum atomic E-state index is -0.755. The maximum atomic E-state index is 14.1. The van der Waals surface area contributed by atoms with Crippen molar-refractivity contribution in [3.8, 4) is 16.9 Å². The highest BCUT2D eigenvalue weighted by molar-refractivity contribution is 7.22. The molecule has 18 heteroatoms. The number of aryl methyl sites for hydroxylation is 1. The number of carbonyl (C=O) groups excluding carboxylic acids is 5. The number of hydrogen-bond acceptors (Lipinski definition) is 14. The molecular weight excluding hydrogens is 981 g/mol. The standard InChI is InChI=1S/C58H62N10O7S/c1-34-39(40-21-23-49(61-53(40)56(73)75-58(2,3)4)67-27-25-35-11-8-13-41(44(35)32-67)54(71)63-57-60-45-14-6-7-16-48(45)76-57)12-9-15-47(34)74-28-10-26-66-30-37-18-19-38(31-66)68(37)33-51(70)59-36-17-20-42-46(29-36)65(5)64-52(42)43-22-24-50(69)62-55(43)72/h6-9,11-17,20-21,23,29,37-38,43H,10,18-19,22,24-28,30-33H2,1-5H3,(H,59,70)(H,60,63,71)(H,62,69,72)/t37-,38+,43?. The molecule has 0 spiro atoms. The van der Waals surface area contributed by atoms with Crippen LogP contribution in [0.3, 0.4) is 0 Å². The van der Waals surface area contributed by atoms with E-state index >= 15 is 0 Å². The Kier molecular flexibility index (Phi) is 13.9. The first kappa shape index (κ1) is 50.6. The fourth-order valence-corrected chi connectivity index (χ4v) is 12.3. The number of fused-ring (bicyclic) bond motifs is 5. The van der Waals surface area contributed by atoms with Gasteiger partial charge in [-0.1, -0.05) is 47.7 Å². The number of piperidine rings is 1. The third-order valence-electron chi connectivity index (χ3n) is 15.0. The number of benzene rings is 4. The van der Waals surface area contributed by atoms with E-state index in [-0.39, 0.29) is 47.8 Å². The summed E-state index contributed by atoms with van der Waals surface area (Å²) in [4.78, 5) is 82.3. The van der Waals surface area contributed by atoms with Gasteiger partial charge in [-0.3, -0.25) is 39.4 Å². The van der Waals surface area contributed by atoms with Gasteiger partial charge >= 0.3 is 5.97 Å². The van der Waals surface area contributed by atoms with Gasteiger partial charge in [0.2, 0.25) is 17.7 Å². The highest BCUT2D eigenvalue weighted by Crippen LogP contribution is 2.37. The van der Waals surface area contributed by atoms with Gasteiger partial charge in [0.15, 0.2) is 10.8 Å². The lowest BCUT2D eigenvalue weighted by Gasteiger charge is -2.40. The molecule has 3 saturated heterocycles. The van der Waals surface area contributed by atoms with Gasteiger partial charge in [0, 0.05) is 80.5 Å². The first-order valence-corrected chi connectivity index (χ1v) is 27.0. The molecular formula is C58H62N10O7S. The van der Waals surface area contributed by atoms with Gasteiger partial charge in [0.05, 0.1) is 40.5 Å². The van der Waals surface area contributed by atoms with E-state index in [1.54, 1.807) is 4.68 Å². The van der Waals surface area contributed by atoms with Crippen molar-refractivity contribution in [3.05, 3.63) is 125 Å². The van der Waals surface area contributed by atoms with Gasteiger partial charge in [-0.2, -0.15) is 5.10 Å². The Morgan fingerprint density at radius 3 is 2.46 bits per heavy atom. The normalized spacial score (nSPS) is 18.9. The number of carbonyl (C=O) groups is 5. The van der Waals surface area contributed by atoms with Gasteiger partial charge in [-0.05, 0) is 137 Å². The smallest absolute Gasteiger partial charge is 0.358 e. The lowest BCUT2D eigenvalue weighted by atomic mass is 9.93. The van der Waals surface area contributed by atoms with E-state index in [1.165, 1.54) is 11.3 Å². The average Bonchev–Trinajstić information content (AvgIpc) is 4.04. The lowest BCUT2D eigenvalue weighted by molar-refractivity contribution is -0.134. The number of pyridine rings is 1. The molecule has 0 saturated carbocycles. The van der Waals surface area contributed by atoms with Crippen molar-refractivity contribution in [1.82, 2.24) is 34.9 Å². The van der Waals surface area contributed by atoms with Crippen LogP contribution in [0, 0.1) is 6.92 Å². The highest BCUT2D eigenvalue weighted by Gasteiger charge is 2.40. The summed E-state index contributed by atoms with van der Waals surface area (Å²) in [6.45, 7) is 12.1. The van der Waals surface area contributed by atoms with Crippen LogP contribution >= 0.6 is 11.3 Å². The molecule has 1 unspecified atom stereocenters. The van der Waals surface area contributed by atoms with Crippen molar-refractivity contribution >= 4 is 78.7 Å².